The first-order chi connectivity index (χ1) is 13.4. The molecule has 152 valence electrons. The van der Waals surface area contributed by atoms with E-state index in [1.165, 1.54) is 18.2 Å². The summed E-state index contributed by atoms with van der Waals surface area (Å²) in [7, 11) is 0. The molecular formula is C17H8F6N2O3S. The standard InChI is InChI=1S/C17H8F6N2O3S/c18-16(19,20)8-2-3-9(10(6-8)17(21,22)23)13(26)25-15-24-11-4-1-7(14(27)28)5-12(11)29-15/h1-6H,(H,27,28)(H,24,25,26). The van der Waals surface area contributed by atoms with Crippen molar-refractivity contribution in [1.82, 2.24) is 4.98 Å². The molecule has 2 aromatic carbocycles. The number of hydrogen-bond donors (Lipinski definition) is 2. The predicted octanol–water partition coefficient (Wildman–Crippen LogP) is 5.28. The highest BCUT2D eigenvalue weighted by atomic mass is 32.1. The first kappa shape index (κ1) is 20.6. The minimum absolute atomic E-state index is 0.0545. The van der Waals surface area contributed by atoms with Gasteiger partial charge >= 0.3 is 18.3 Å². The summed E-state index contributed by atoms with van der Waals surface area (Å²) in [6.07, 6.45) is -10.2. The van der Waals surface area contributed by atoms with Crippen molar-refractivity contribution >= 4 is 38.6 Å². The quantitative estimate of drug-likeness (QED) is 0.550. The SMILES string of the molecule is O=C(O)c1ccc2nc(NC(=O)c3ccc(C(F)(F)F)cc3C(F)(F)F)sc2c1. The number of aromatic carboxylic acids is 1. The third-order valence-corrected chi connectivity index (χ3v) is 4.69. The Morgan fingerprint density at radius 3 is 2.24 bits per heavy atom. The van der Waals surface area contributed by atoms with Gasteiger partial charge in [0, 0.05) is 0 Å². The monoisotopic (exact) mass is 434 g/mol. The van der Waals surface area contributed by atoms with Crippen molar-refractivity contribution in [2.24, 2.45) is 0 Å². The maximum atomic E-state index is 13.2. The van der Waals surface area contributed by atoms with Gasteiger partial charge in [0.1, 0.15) is 0 Å². The molecule has 0 aliphatic carbocycles. The molecule has 3 aromatic rings. The molecule has 0 saturated carbocycles. The fourth-order valence-electron chi connectivity index (χ4n) is 2.43. The molecule has 1 heterocycles. The van der Waals surface area contributed by atoms with Gasteiger partial charge in [-0.15, -0.1) is 0 Å². The summed E-state index contributed by atoms with van der Waals surface area (Å²) in [5, 5.41) is 10.9. The molecule has 0 bridgehead atoms. The number of fused-ring (bicyclic) bond motifs is 1. The van der Waals surface area contributed by atoms with Crippen molar-refractivity contribution in [3.63, 3.8) is 0 Å². The van der Waals surface area contributed by atoms with Crippen LogP contribution in [-0.2, 0) is 12.4 Å². The number of anilines is 1. The summed E-state index contributed by atoms with van der Waals surface area (Å²) >= 11 is 0.805. The van der Waals surface area contributed by atoms with E-state index >= 15 is 0 Å². The van der Waals surface area contributed by atoms with Crippen molar-refractivity contribution in [2.75, 3.05) is 5.32 Å². The van der Waals surface area contributed by atoms with Crippen LogP contribution in [0.5, 0.6) is 0 Å². The van der Waals surface area contributed by atoms with Gasteiger partial charge in [0.2, 0.25) is 0 Å². The van der Waals surface area contributed by atoms with E-state index in [-0.39, 0.29) is 16.8 Å². The molecule has 3 rings (SSSR count). The van der Waals surface area contributed by atoms with Gasteiger partial charge in [0.05, 0.1) is 32.5 Å². The molecule has 0 aliphatic heterocycles. The van der Waals surface area contributed by atoms with E-state index in [1.807, 2.05) is 0 Å². The molecule has 29 heavy (non-hydrogen) atoms. The summed E-state index contributed by atoms with van der Waals surface area (Å²) < 4.78 is 78.1. The molecule has 0 aliphatic rings. The first-order valence-corrected chi connectivity index (χ1v) is 8.41. The Kier molecular flexibility index (Phi) is 4.99. The van der Waals surface area contributed by atoms with Crippen LogP contribution in [0.4, 0.5) is 31.5 Å². The molecule has 1 amide bonds. The van der Waals surface area contributed by atoms with Gasteiger partial charge in [-0.3, -0.25) is 10.1 Å². The molecule has 2 N–H and O–H groups in total. The smallest absolute Gasteiger partial charge is 0.417 e. The Balaban J connectivity index is 1.96. The van der Waals surface area contributed by atoms with E-state index in [9.17, 15) is 35.9 Å². The first-order valence-electron chi connectivity index (χ1n) is 7.60. The number of carboxylic acid groups (broad SMARTS) is 1. The molecule has 0 atom stereocenters. The van der Waals surface area contributed by atoms with Crippen LogP contribution in [-0.4, -0.2) is 22.0 Å². The van der Waals surface area contributed by atoms with E-state index in [0.717, 1.165) is 11.3 Å². The van der Waals surface area contributed by atoms with Crippen molar-refractivity contribution in [3.8, 4) is 0 Å². The minimum atomic E-state index is -5.20. The lowest BCUT2D eigenvalue weighted by Crippen LogP contribution is -2.20. The van der Waals surface area contributed by atoms with Gasteiger partial charge in [-0.25, -0.2) is 9.78 Å². The Morgan fingerprint density at radius 1 is 0.966 bits per heavy atom. The highest BCUT2D eigenvalue weighted by Gasteiger charge is 2.39. The summed E-state index contributed by atoms with van der Waals surface area (Å²) in [5.41, 5.74) is -4.04. The van der Waals surface area contributed by atoms with Crippen LogP contribution >= 0.6 is 11.3 Å². The summed E-state index contributed by atoms with van der Waals surface area (Å²) in [6.45, 7) is 0. The van der Waals surface area contributed by atoms with Gasteiger partial charge in [-0.1, -0.05) is 11.3 Å². The maximum absolute atomic E-state index is 13.2. The lowest BCUT2D eigenvalue weighted by Gasteiger charge is -2.15. The average molecular weight is 434 g/mol. The lowest BCUT2D eigenvalue weighted by atomic mass is 10.0. The number of rotatable bonds is 3. The number of thiazole rings is 1. The number of halogens is 6. The van der Waals surface area contributed by atoms with E-state index in [2.05, 4.69) is 10.3 Å². The zero-order valence-corrected chi connectivity index (χ0v) is 14.7. The molecule has 12 heteroatoms. The molecule has 0 saturated heterocycles. The van der Waals surface area contributed by atoms with Crippen LogP contribution in [0.1, 0.15) is 31.8 Å². The zero-order chi connectivity index (χ0) is 21.6. The number of alkyl halides is 6. The van der Waals surface area contributed by atoms with E-state index in [1.54, 1.807) is 0 Å². The zero-order valence-electron chi connectivity index (χ0n) is 13.9. The topological polar surface area (TPSA) is 79.3 Å². The molecule has 1 aromatic heterocycles. The Bertz CT molecular complexity index is 1120. The van der Waals surface area contributed by atoms with E-state index in [0.29, 0.717) is 22.3 Å². The minimum Gasteiger partial charge on any atom is -0.478 e. The largest absolute Gasteiger partial charge is 0.478 e. The number of nitrogens with zero attached hydrogens (tertiary/aromatic N) is 1. The van der Waals surface area contributed by atoms with Crippen molar-refractivity contribution in [3.05, 3.63) is 58.7 Å². The van der Waals surface area contributed by atoms with Crippen molar-refractivity contribution < 1.29 is 41.0 Å². The van der Waals surface area contributed by atoms with E-state index in [4.69, 9.17) is 5.11 Å². The highest BCUT2D eigenvalue weighted by Crippen LogP contribution is 2.37. The second-order valence-electron chi connectivity index (χ2n) is 5.72. The number of carboxylic acids is 1. The average Bonchev–Trinajstić information content (AvgIpc) is 3.00. The lowest BCUT2D eigenvalue weighted by molar-refractivity contribution is -0.143. The van der Waals surface area contributed by atoms with E-state index < -0.39 is 40.9 Å². The number of carbonyl (C=O) groups is 2. The molecule has 0 spiro atoms. The molecule has 0 unspecified atom stereocenters. The Hall–Kier alpha value is -3.15. The number of nitrogens with one attached hydrogen (secondary N) is 1. The summed E-state index contributed by atoms with van der Waals surface area (Å²) in [4.78, 5) is 27.2. The normalized spacial score (nSPS) is 12.2. The van der Waals surface area contributed by atoms with Crippen LogP contribution in [0.2, 0.25) is 0 Å². The third kappa shape index (κ3) is 4.31. The predicted molar refractivity (Wildman–Crippen MR) is 91.0 cm³/mol. The van der Waals surface area contributed by atoms with Gasteiger partial charge in [-0.2, -0.15) is 26.3 Å². The molecule has 0 fully saturated rings. The van der Waals surface area contributed by atoms with Crippen LogP contribution in [0, 0.1) is 0 Å². The van der Waals surface area contributed by atoms with Crippen LogP contribution < -0.4 is 5.32 Å². The number of aromatic nitrogens is 1. The van der Waals surface area contributed by atoms with Gasteiger partial charge in [-0.05, 0) is 36.4 Å². The third-order valence-electron chi connectivity index (χ3n) is 3.75. The number of benzene rings is 2. The number of amides is 1. The fourth-order valence-corrected chi connectivity index (χ4v) is 3.33. The van der Waals surface area contributed by atoms with Crippen molar-refractivity contribution in [2.45, 2.75) is 12.4 Å². The number of hydrogen-bond acceptors (Lipinski definition) is 4. The molecule has 5 nitrogen and oxygen atoms in total. The second kappa shape index (κ2) is 7.03. The van der Waals surface area contributed by atoms with Gasteiger partial charge in [0.15, 0.2) is 5.13 Å². The Labute approximate surface area is 161 Å². The molecular weight excluding hydrogens is 426 g/mol. The molecule has 0 radical (unpaired) electrons. The van der Waals surface area contributed by atoms with Crippen LogP contribution in [0.3, 0.4) is 0 Å². The van der Waals surface area contributed by atoms with Gasteiger partial charge in [0.25, 0.3) is 5.91 Å². The van der Waals surface area contributed by atoms with Crippen LogP contribution in [0.15, 0.2) is 36.4 Å². The summed E-state index contributed by atoms with van der Waals surface area (Å²) in [6, 6.07) is 4.56. The highest BCUT2D eigenvalue weighted by molar-refractivity contribution is 7.22. The fraction of sp³-hybridized carbons (Fsp3) is 0.118. The second-order valence-corrected chi connectivity index (χ2v) is 6.75. The number of carbonyl (C=O) groups excluding carboxylic acids is 1. The maximum Gasteiger partial charge on any atom is 0.417 e. The van der Waals surface area contributed by atoms with Crippen LogP contribution in [0.25, 0.3) is 10.2 Å². The summed E-state index contributed by atoms with van der Waals surface area (Å²) in [5.74, 6) is -2.51. The Morgan fingerprint density at radius 2 is 1.66 bits per heavy atom. The van der Waals surface area contributed by atoms with Gasteiger partial charge < -0.3 is 5.11 Å². The van der Waals surface area contributed by atoms with Crippen molar-refractivity contribution in [1.29, 1.82) is 0 Å².